The maximum atomic E-state index is 12.8. The molecule has 1 aromatic carbocycles. The Labute approximate surface area is 121 Å². The maximum absolute atomic E-state index is 12.8. The van der Waals surface area contributed by atoms with E-state index in [0.29, 0.717) is 11.4 Å². The first-order valence-electron chi connectivity index (χ1n) is 7.47. The molecule has 2 aliphatic rings. The highest BCUT2D eigenvalue weighted by molar-refractivity contribution is 7.89. The first-order valence-corrected chi connectivity index (χ1v) is 8.91. The zero-order chi connectivity index (χ0) is 14.2. The molecule has 0 atom stereocenters. The highest BCUT2D eigenvalue weighted by Gasteiger charge is 2.37. The Morgan fingerprint density at radius 3 is 2.70 bits per heavy atom. The van der Waals surface area contributed by atoms with Gasteiger partial charge in [0, 0.05) is 25.7 Å². The molecule has 1 aromatic rings. The minimum absolute atomic E-state index is 0.234. The van der Waals surface area contributed by atoms with Gasteiger partial charge in [0.05, 0.1) is 4.90 Å². The highest BCUT2D eigenvalue weighted by atomic mass is 32.2. The van der Waals surface area contributed by atoms with Gasteiger partial charge < -0.3 is 5.32 Å². The van der Waals surface area contributed by atoms with E-state index in [0.717, 1.165) is 44.3 Å². The average molecular weight is 294 g/mol. The molecule has 0 radical (unpaired) electrons. The molecule has 0 saturated heterocycles. The van der Waals surface area contributed by atoms with Gasteiger partial charge in [-0.2, -0.15) is 4.31 Å². The van der Waals surface area contributed by atoms with Crippen LogP contribution in [0.5, 0.6) is 0 Å². The SMILES string of the molecule is CCCCN(C1CC1)S(=O)(=O)c1ccc2c(c1)CNC2. The first-order chi connectivity index (χ1) is 9.63. The van der Waals surface area contributed by atoms with Crippen LogP contribution in [0.15, 0.2) is 23.1 Å². The third kappa shape index (κ3) is 2.62. The van der Waals surface area contributed by atoms with Gasteiger partial charge in [0.25, 0.3) is 0 Å². The Balaban J connectivity index is 1.89. The maximum Gasteiger partial charge on any atom is 0.243 e. The van der Waals surface area contributed by atoms with Gasteiger partial charge in [-0.05, 0) is 42.5 Å². The van der Waals surface area contributed by atoms with E-state index in [1.165, 1.54) is 5.56 Å². The van der Waals surface area contributed by atoms with E-state index in [1.54, 1.807) is 10.4 Å². The van der Waals surface area contributed by atoms with Crippen LogP contribution in [0.3, 0.4) is 0 Å². The Morgan fingerprint density at radius 2 is 2.00 bits per heavy atom. The predicted octanol–water partition coefficient (Wildman–Crippen LogP) is 2.24. The monoisotopic (exact) mass is 294 g/mol. The highest BCUT2D eigenvalue weighted by Crippen LogP contribution is 2.33. The van der Waals surface area contributed by atoms with Crippen molar-refractivity contribution in [3.63, 3.8) is 0 Å². The fourth-order valence-electron chi connectivity index (χ4n) is 2.74. The van der Waals surface area contributed by atoms with Crippen LogP contribution in [-0.2, 0) is 23.1 Å². The van der Waals surface area contributed by atoms with Gasteiger partial charge in [-0.3, -0.25) is 0 Å². The van der Waals surface area contributed by atoms with Crippen LogP contribution in [-0.4, -0.2) is 25.3 Å². The number of unbranched alkanes of at least 4 members (excludes halogenated alkanes) is 1. The Kier molecular flexibility index (Phi) is 3.84. The molecule has 0 spiro atoms. The molecule has 20 heavy (non-hydrogen) atoms. The molecule has 3 rings (SSSR count). The number of fused-ring (bicyclic) bond motifs is 1. The molecule has 1 heterocycles. The molecule has 1 N–H and O–H groups in total. The number of hydrogen-bond donors (Lipinski definition) is 1. The van der Waals surface area contributed by atoms with Crippen molar-refractivity contribution in [3.8, 4) is 0 Å². The fraction of sp³-hybridized carbons (Fsp3) is 0.600. The summed E-state index contributed by atoms with van der Waals surface area (Å²) in [5.74, 6) is 0. The summed E-state index contributed by atoms with van der Waals surface area (Å²) in [5.41, 5.74) is 2.34. The summed E-state index contributed by atoms with van der Waals surface area (Å²) in [4.78, 5) is 0.461. The third-order valence-electron chi connectivity index (χ3n) is 4.10. The molecule has 110 valence electrons. The molecule has 0 unspecified atom stereocenters. The molecule has 4 nitrogen and oxygen atoms in total. The van der Waals surface area contributed by atoms with Gasteiger partial charge >= 0.3 is 0 Å². The minimum Gasteiger partial charge on any atom is -0.309 e. The Bertz CT molecular complexity index is 594. The van der Waals surface area contributed by atoms with Gasteiger partial charge in [0.1, 0.15) is 0 Å². The van der Waals surface area contributed by atoms with Gasteiger partial charge in [-0.25, -0.2) is 8.42 Å². The number of nitrogens with zero attached hydrogens (tertiary/aromatic N) is 1. The van der Waals surface area contributed by atoms with Gasteiger partial charge in [0.2, 0.25) is 10.0 Å². The van der Waals surface area contributed by atoms with Crippen LogP contribution >= 0.6 is 0 Å². The molecule has 1 saturated carbocycles. The number of benzene rings is 1. The van der Waals surface area contributed by atoms with Crippen LogP contribution < -0.4 is 5.32 Å². The van der Waals surface area contributed by atoms with Crippen LogP contribution in [0.25, 0.3) is 0 Å². The van der Waals surface area contributed by atoms with Gasteiger partial charge in [-0.1, -0.05) is 19.4 Å². The van der Waals surface area contributed by atoms with Crippen molar-refractivity contribution in [1.29, 1.82) is 0 Å². The summed E-state index contributed by atoms with van der Waals surface area (Å²) in [6.45, 7) is 4.37. The summed E-state index contributed by atoms with van der Waals surface area (Å²) < 4.78 is 27.4. The second kappa shape index (κ2) is 5.47. The van der Waals surface area contributed by atoms with Crippen LogP contribution in [0.2, 0.25) is 0 Å². The van der Waals surface area contributed by atoms with Crippen molar-refractivity contribution in [2.24, 2.45) is 0 Å². The number of rotatable bonds is 6. The lowest BCUT2D eigenvalue weighted by atomic mass is 10.1. The van der Waals surface area contributed by atoms with Gasteiger partial charge in [-0.15, -0.1) is 0 Å². The van der Waals surface area contributed by atoms with Crippen molar-refractivity contribution >= 4 is 10.0 Å². The van der Waals surface area contributed by atoms with Gasteiger partial charge in [0.15, 0.2) is 0 Å². The topological polar surface area (TPSA) is 49.4 Å². The van der Waals surface area contributed by atoms with E-state index >= 15 is 0 Å². The number of sulfonamides is 1. The summed E-state index contributed by atoms with van der Waals surface area (Å²) in [7, 11) is -3.33. The Hall–Kier alpha value is -0.910. The normalized spacial score (nSPS) is 18.5. The molecular weight excluding hydrogens is 272 g/mol. The molecule has 0 bridgehead atoms. The minimum atomic E-state index is -3.33. The number of nitrogens with one attached hydrogen (secondary N) is 1. The molecule has 1 aliphatic heterocycles. The summed E-state index contributed by atoms with van der Waals surface area (Å²) in [6.07, 6.45) is 3.97. The van der Waals surface area contributed by atoms with E-state index < -0.39 is 10.0 Å². The number of hydrogen-bond acceptors (Lipinski definition) is 3. The largest absolute Gasteiger partial charge is 0.309 e. The fourth-order valence-corrected chi connectivity index (χ4v) is 4.52. The molecular formula is C15H22N2O2S. The summed E-state index contributed by atoms with van der Waals surface area (Å²) >= 11 is 0. The molecule has 1 aliphatic carbocycles. The zero-order valence-corrected chi connectivity index (χ0v) is 12.7. The van der Waals surface area contributed by atoms with Crippen molar-refractivity contribution in [2.45, 2.75) is 56.6 Å². The van der Waals surface area contributed by atoms with E-state index in [2.05, 4.69) is 12.2 Å². The predicted molar refractivity (Wildman–Crippen MR) is 78.8 cm³/mol. The summed E-state index contributed by atoms with van der Waals surface area (Å²) in [6, 6.07) is 5.81. The lowest BCUT2D eigenvalue weighted by Crippen LogP contribution is -2.34. The van der Waals surface area contributed by atoms with E-state index in [-0.39, 0.29) is 6.04 Å². The molecule has 5 heteroatoms. The van der Waals surface area contributed by atoms with Crippen LogP contribution in [0.1, 0.15) is 43.7 Å². The first kappa shape index (κ1) is 14.0. The second-order valence-corrected chi connectivity index (χ2v) is 7.63. The van der Waals surface area contributed by atoms with Crippen molar-refractivity contribution in [2.75, 3.05) is 6.54 Å². The Morgan fingerprint density at radius 1 is 1.25 bits per heavy atom. The molecule has 0 amide bonds. The van der Waals surface area contributed by atoms with Crippen LogP contribution in [0.4, 0.5) is 0 Å². The van der Waals surface area contributed by atoms with E-state index in [4.69, 9.17) is 0 Å². The van der Waals surface area contributed by atoms with Crippen molar-refractivity contribution in [1.82, 2.24) is 9.62 Å². The average Bonchev–Trinajstić information content (AvgIpc) is 3.15. The standard InChI is InChI=1S/C15H22N2O2S/c1-2-3-8-17(14-5-6-14)20(18,19)15-7-4-12-10-16-11-13(12)9-15/h4,7,9,14,16H,2-3,5-6,8,10-11H2,1H3. The quantitative estimate of drug-likeness (QED) is 0.875. The lowest BCUT2D eigenvalue weighted by Gasteiger charge is -2.22. The van der Waals surface area contributed by atoms with Crippen molar-refractivity contribution < 1.29 is 8.42 Å². The molecule has 0 aromatic heterocycles. The van der Waals surface area contributed by atoms with E-state index in [9.17, 15) is 8.42 Å². The van der Waals surface area contributed by atoms with Crippen LogP contribution in [0, 0.1) is 0 Å². The summed E-state index contributed by atoms with van der Waals surface area (Å²) in [5, 5.41) is 3.26. The lowest BCUT2D eigenvalue weighted by molar-refractivity contribution is 0.395. The van der Waals surface area contributed by atoms with E-state index in [1.807, 2.05) is 12.1 Å². The second-order valence-electron chi connectivity index (χ2n) is 5.73. The zero-order valence-electron chi connectivity index (χ0n) is 11.9. The third-order valence-corrected chi connectivity index (χ3v) is 6.05. The smallest absolute Gasteiger partial charge is 0.243 e. The molecule has 1 fully saturated rings. The van der Waals surface area contributed by atoms with Crippen molar-refractivity contribution in [3.05, 3.63) is 29.3 Å².